The summed E-state index contributed by atoms with van der Waals surface area (Å²) in [6, 6.07) is 7.45. The van der Waals surface area contributed by atoms with E-state index in [0.29, 0.717) is 31.5 Å². The number of hydrogen-bond donors (Lipinski definition) is 0. The molecule has 0 atom stereocenters. The number of methoxy groups -OCH3 is 2. The van der Waals surface area contributed by atoms with Gasteiger partial charge in [-0.15, -0.1) is 0 Å². The van der Waals surface area contributed by atoms with Crippen LogP contribution in [0.4, 0.5) is 0 Å². The number of piperidine rings is 1. The van der Waals surface area contributed by atoms with Gasteiger partial charge in [-0.1, -0.05) is 29.8 Å². The second kappa shape index (κ2) is 7.70. The topological polar surface area (TPSA) is 55.8 Å². The van der Waals surface area contributed by atoms with Gasteiger partial charge in [-0.25, -0.2) is 0 Å². The molecule has 0 N–H and O–H groups in total. The quantitative estimate of drug-likeness (QED) is 0.597. The third-order valence-corrected chi connectivity index (χ3v) is 4.56. The van der Waals surface area contributed by atoms with Crippen LogP contribution in [-0.4, -0.2) is 49.7 Å². The molecule has 1 heterocycles. The van der Waals surface area contributed by atoms with Crippen LogP contribution in [0.2, 0.25) is 0 Å². The summed E-state index contributed by atoms with van der Waals surface area (Å²) < 4.78 is 10.8. The zero-order chi connectivity index (χ0) is 16.9. The average Bonchev–Trinajstić information content (AvgIpc) is 2.60. The number of rotatable bonds is 6. The number of benzene rings is 1. The van der Waals surface area contributed by atoms with Gasteiger partial charge in [0.2, 0.25) is 5.91 Å². The van der Waals surface area contributed by atoms with Gasteiger partial charge in [-0.3, -0.25) is 9.59 Å². The molecular weight excluding hydrogens is 294 g/mol. The van der Waals surface area contributed by atoms with Crippen LogP contribution >= 0.6 is 0 Å². The molecular formula is C18H25NO4. The van der Waals surface area contributed by atoms with E-state index in [-0.39, 0.29) is 24.5 Å². The normalized spacial score (nSPS) is 17.1. The Morgan fingerprint density at radius 2 is 1.61 bits per heavy atom. The lowest BCUT2D eigenvalue weighted by molar-refractivity contribution is -0.228. The lowest BCUT2D eigenvalue weighted by Crippen LogP contribution is -2.48. The Labute approximate surface area is 137 Å². The van der Waals surface area contributed by atoms with Crippen molar-refractivity contribution in [3.63, 3.8) is 0 Å². The fourth-order valence-corrected chi connectivity index (χ4v) is 2.85. The number of ether oxygens (including phenoxy) is 2. The second-order valence-electron chi connectivity index (χ2n) is 5.99. The van der Waals surface area contributed by atoms with E-state index >= 15 is 0 Å². The molecule has 126 valence electrons. The predicted molar refractivity (Wildman–Crippen MR) is 87.3 cm³/mol. The molecule has 1 aromatic carbocycles. The van der Waals surface area contributed by atoms with Crippen molar-refractivity contribution in [2.45, 2.75) is 38.4 Å². The molecule has 0 aromatic heterocycles. The van der Waals surface area contributed by atoms with Gasteiger partial charge in [-0.2, -0.15) is 0 Å². The highest BCUT2D eigenvalue weighted by atomic mass is 16.7. The molecule has 0 aliphatic carbocycles. The number of nitrogens with zero attached hydrogens (tertiary/aromatic N) is 1. The van der Waals surface area contributed by atoms with E-state index in [1.54, 1.807) is 19.1 Å². The fourth-order valence-electron chi connectivity index (χ4n) is 2.85. The maximum absolute atomic E-state index is 12.3. The number of likely N-dealkylation sites (tertiary alicyclic amines) is 1. The molecule has 0 radical (unpaired) electrons. The van der Waals surface area contributed by atoms with E-state index in [1.807, 2.05) is 31.2 Å². The third kappa shape index (κ3) is 4.39. The molecule has 0 saturated carbocycles. The van der Waals surface area contributed by atoms with Gasteiger partial charge < -0.3 is 14.4 Å². The lowest BCUT2D eigenvalue weighted by atomic mass is 10.0. The van der Waals surface area contributed by atoms with Crippen LogP contribution in [0.5, 0.6) is 0 Å². The summed E-state index contributed by atoms with van der Waals surface area (Å²) in [4.78, 5) is 26.2. The van der Waals surface area contributed by atoms with E-state index in [4.69, 9.17) is 9.47 Å². The summed E-state index contributed by atoms with van der Waals surface area (Å²) in [5, 5.41) is 0. The smallest absolute Gasteiger partial charge is 0.223 e. The number of Topliss-reactive ketones (excluding diaryl/α,β-unsaturated/α-hetero) is 1. The van der Waals surface area contributed by atoms with Crippen molar-refractivity contribution < 1.29 is 19.1 Å². The summed E-state index contributed by atoms with van der Waals surface area (Å²) in [6.45, 7) is 3.17. The SMILES string of the molecule is COC1(OC)CCN(C(=O)CCC(=O)c2ccc(C)cc2)CC1. The third-order valence-electron chi connectivity index (χ3n) is 4.56. The number of carbonyl (C=O) groups excluding carboxylic acids is 2. The van der Waals surface area contributed by atoms with E-state index < -0.39 is 5.79 Å². The molecule has 2 rings (SSSR count). The largest absolute Gasteiger partial charge is 0.353 e. The first-order valence-electron chi connectivity index (χ1n) is 7.97. The Hall–Kier alpha value is -1.72. The molecule has 1 fully saturated rings. The summed E-state index contributed by atoms with van der Waals surface area (Å²) in [7, 11) is 3.25. The molecule has 1 saturated heterocycles. The van der Waals surface area contributed by atoms with Gasteiger partial charge in [0.15, 0.2) is 11.6 Å². The molecule has 0 unspecified atom stereocenters. The summed E-state index contributed by atoms with van der Waals surface area (Å²) >= 11 is 0. The van der Waals surface area contributed by atoms with E-state index in [0.717, 1.165) is 5.56 Å². The molecule has 1 aromatic rings. The minimum Gasteiger partial charge on any atom is -0.353 e. The summed E-state index contributed by atoms with van der Waals surface area (Å²) in [5.74, 6) is -0.543. The first-order chi connectivity index (χ1) is 11.0. The molecule has 0 bridgehead atoms. The molecule has 5 nitrogen and oxygen atoms in total. The van der Waals surface area contributed by atoms with Crippen LogP contribution in [0.25, 0.3) is 0 Å². The predicted octanol–water partition coefficient (Wildman–Crippen LogP) is 2.57. The first kappa shape index (κ1) is 17.6. The number of hydrogen-bond acceptors (Lipinski definition) is 4. The van der Waals surface area contributed by atoms with Gasteiger partial charge in [0.25, 0.3) is 0 Å². The van der Waals surface area contributed by atoms with Crippen molar-refractivity contribution in [3.8, 4) is 0 Å². The summed E-state index contributed by atoms with van der Waals surface area (Å²) in [5.41, 5.74) is 1.78. The Kier molecular flexibility index (Phi) is 5.91. The highest BCUT2D eigenvalue weighted by Crippen LogP contribution is 2.26. The number of amides is 1. The van der Waals surface area contributed by atoms with Crippen LogP contribution in [0, 0.1) is 6.92 Å². The van der Waals surface area contributed by atoms with Crippen molar-refractivity contribution in [2.75, 3.05) is 27.3 Å². The highest BCUT2D eigenvalue weighted by molar-refractivity contribution is 5.97. The van der Waals surface area contributed by atoms with E-state index in [9.17, 15) is 9.59 Å². The number of aryl methyl sites for hydroxylation is 1. The van der Waals surface area contributed by atoms with Gasteiger partial charge in [-0.05, 0) is 6.92 Å². The van der Waals surface area contributed by atoms with Crippen LogP contribution in [-0.2, 0) is 14.3 Å². The maximum Gasteiger partial charge on any atom is 0.223 e. The van der Waals surface area contributed by atoms with Crippen LogP contribution in [0.1, 0.15) is 41.6 Å². The van der Waals surface area contributed by atoms with Crippen molar-refractivity contribution in [1.29, 1.82) is 0 Å². The molecule has 0 spiro atoms. The summed E-state index contributed by atoms with van der Waals surface area (Å²) in [6.07, 6.45) is 1.80. The number of carbonyl (C=O) groups is 2. The molecule has 1 aliphatic heterocycles. The Morgan fingerprint density at radius 1 is 1.04 bits per heavy atom. The zero-order valence-corrected chi connectivity index (χ0v) is 14.1. The molecule has 23 heavy (non-hydrogen) atoms. The van der Waals surface area contributed by atoms with Crippen LogP contribution in [0.3, 0.4) is 0 Å². The van der Waals surface area contributed by atoms with Crippen molar-refractivity contribution in [1.82, 2.24) is 4.90 Å². The Morgan fingerprint density at radius 3 is 2.13 bits per heavy atom. The molecule has 5 heteroatoms. The van der Waals surface area contributed by atoms with Crippen molar-refractivity contribution in [3.05, 3.63) is 35.4 Å². The van der Waals surface area contributed by atoms with E-state index in [1.165, 1.54) is 0 Å². The maximum atomic E-state index is 12.3. The van der Waals surface area contributed by atoms with Crippen LogP contribution in [0.15, 0.2) is 24.3 Å². The monoisotopic (exact) mass is 319 g/mol. The Bertz CT molecular complexity index is 539. The molecule has 1 aliphatic rings. The highest BCUT2D eigenvalue weighted by Gasteiger charge is 2.35. The van der Waals surface area contributed by atoms with E-state index in [2.05, 4.69) is 0 Å². The zero-order valence-electron chi connectivity index (χ0n) is 14.1. The van der Waals surface area contributed by atoms with Crippen molar-refractivity contribution in [2.24, 2.45) is 0 Å². The average molecular weight is 319 g/mol. The van der Waals surface area contributed by atoms with Crippen LogP contribution < -0.4 is 0 Å². The molecule has 1 amide bonds. The van der Waals surface area contributed by atoms with Gasteiger partial charge >= 0.3 is 0 Å². The number of ketones is 1. The van der Waals surface area contributed by atoms with Gasteiger partial charge in [0.05, 0.1) is 0 Å². The minimum absolute atomic E-state index is 0.0125. The van der Waals surface area contributed by atoms with Gasteiger partial charge in [0.1, 0.15) is 0 Å². The first-order valence-corrected chi connectivity index (χ1v) is 7.97. The lowest BCUT2D eigenvalue weighted by Gasteiger charge is -2.39. The fraction of sp³-hybridized carbons (Fsp3) is 0.556. The van der Waals surface area contributed by atoms with Crippen molar-refractivity contribution >= 4 is 11.7 Å². The minimum atomic E-state index is -0.575. The Balaban J connectivity index is 1.81. The second-order valence-corrected chi connectivity index (χ2v) is 5.99. The van der Waals surface area contributed by atoms with Gasteiger partial charge in [0, 0.05) is 58.6 Å². The standard InChI is InChI=1S/C18H25NO4/c1-14-4-6-15(7-5-14)16(20)8-9-17(21)19-12-10-18(22-2,23-3)11-13-19/h4-7H,8-13H2,1-3H3.